The fourth-order valence-corrected chi connectivity index (χ4v) is 1.49. The van der Waals surface area contributed by atoms with Gasteiger partial charge in [0.25, 0.3) is 0 Å². The Morgan fingerprint density at radius 1 is 1.25 bits per heavy atom. The first kappa shape index (κ1) is 14.1. The van der Waals surface area contributed by atoms with Crippen LogP contribution in [0.3, 0.4) is 0 Å². The third kappa shape index (κ3) is 3.61. The highest BCUT2D eigenvalue weighted by molar-refractivity contribution is 5.56. The fraction of sp³-hybridized carbons (Fsp3) is 0.231. The van der Waals surface area contributed by atoms with Crippen molar-refractivity contribution in [1.82, 2.24) is 9.97 Å². The van der Waals surface area contributed by atoms with Crippen LogP contribution in [0, 0.1) is 11.6 Å². The van der Waals surface area contributed by atoms with Crippen LogP contribution in [-0.4, -0.2) is 27.7 Å². The van der Waals surface area contributed by atoms with E-state index in [0.717, 1.165) is 12.1 Å². The minimum Gasteiger partial charge on any atom is -0.394 e. The van der Waals surface area contributed by atoms with E-state index in [0.29, 0.717) is 17.5 Å². The average Bonchev–Trinajstić information content (AvgIpc) is 2.43. The maximum atomic E-state index is 13.1. The van der Waals surface area contributed by atoms with Crippen molar-refractivity contribution in [3.63, 3.8) is 0 Å². The van der Waals surface area contributed by atoms with Crippen molar-refractivity contribution in [3.05, 3.63) is 42.1 Å². The van der Waals surface area contributed by atoms with Gasteiger partial charge >= 0.3 is 0 Å². The minimum atomic E-state index is -0.934. The maximum Gasteiger partial charge on any atom is 0.224 e. The summed E-state index contributed by atoms with van der Waals surface area (Å²) in [7, 11) is 0. The zero-order valence-corrected chi connectivity index (χ0v) is 10.8. The molecule has 3 N–H and O–H groups in total. The van der Waals surface area contributed by atoms with Gasteiger partial charge in [-0.25, -0.2) is 13.8 Å². The third-order valence-electron chi connectivity index (χ3n) is 2.50. The molecule has 20 heavy (non-hydrogen) atoms. The number of rotatable bonds is 5. The maximum absolute atomic E-state index is 13.1. The number of anilines is 3. The van der Waals surface area contributed by atoms with Gasteiger partial charge in [-0.05, 0) is 25.1 Å². The van der Waals surface area contributed by atoms with Crippen molar-refractivity contribution in [2.75, 3.05) is 17.2 Å². The van der Waals surface area contributed by atoms with Crippen molar-refractivity contribution in [2.24, 2.45) is 0 Å². The molecule has 0 fully saturated rings. The van der Waals surface area contributed by atoms with Crippen molar-refractivity contribution in [3.8, 4) is 0 Å². The van der Waals surface area contributed by atoms with Crippen LogP contribution in [0.2, 0.25) is 0 Å². The third-order valence-corrected chi connectivity index (χ3v) is 2.50. The van der Waals surface area contributed by atoms with Gasteiger partial charge in [0.05, 0.1) is 6.61 Å². The average molecular weight is 280 g/mol. The number of nitrogens with one attached hydrogen (secondary N) is 2. The van der Waals surface area contributed by atoms with E-state index in [4.69, 9.17) is 5.11 Å². The predicted octanol–water partition coefficient (Wildman–Crippen LogP) is 2.29. The molecule has 0 aliphatic rings. The predicted molar refractivity (Wildman–Crippen MR) is 71.8 cm³/mol. The second-order valence-electron chi connectivity index (χ2n) is 4.25. The van der Waals surface area contributed by atoms with Crippen LogP contribution in [-0.2, 0) is 0 Å². The van der Waals surface area contributed by atoms with Crippen LogP contribution in [0.5, 0.6) is 0 Å². The van der Waals surface area contributed by atoms with Crippen molar-refractivity contribution in [2.45, 2.75) is 13.0 Å². The lowest BCUT2D eigenvalue weighted by atomic mass is 10.3. The molecule has 7 heteroatoms. The van der Waals surface area contributed by atoms with E-state index in [1.165, 1.54) is 12.3 Å². The molecule has 0 aliphatic heterocycles. The van der Waals surface area contributed by atoms with Crippen molar-refractivity contribution in [1.29, 1.82) is 0 Å². The van der Waals surface area contributed by atoms with Crippen LogP contribution < -0.4 is 10.6 Å². The molecule has 0 spiro atoms. The summed E-state index contributed by atoms with van der Waals surface area (Å²) in [5.74, 6) is -1.08. The number of aromatic nitrogens is 2. The Bertz CT molecular complexity index is 594. The molecule has 0 amide bonds. The van der Waals surface area contributed by atoms with Gasteiger partial charge in [0.1, 0.15) is 5.82 Å². The van der Waals surface area contributed by atoms with Gasteiger partial charge in [-0.15, -0.1) is 0 Å². The van der Waals surface area contributed by atoms with E-state index in [1.54, 1.807) is 13.0 Å². The summed E-state index contributed by atoms with van der Waals surface area (Å²) in [6.45, 7) is 1.73. The molecule has 1 aromatic carbocycles. The van der Waals surface area contributed by atoms with Crippen molar-refractivity contribution >= 4 is 17.5 Å². The molecule has 0 saturated carbocycles. The number of hydrogen-bond donors (Lipinski definition) is 3. The molecule has 0 unspecified atom stereocenters. The Labute approximate surface area is 114 Å². The molecular formula is C13H14F2N4O. The molecule has 0 saturated heterocycles. The highest BCUT2D eigenvalue weighted by Gasteiger charge is 2.06. The number of halogens is 2. The second kappa shape index (κ2) is 6.25. The van der Waals surface area contributed by atoms with Gasteiger partial charge < -0.3 is 15.7 Å². The smallest absolute Gasteiger partial charge is 0.224 e. The van der Waals surface area contributed by atoms with Crippen LogP contribution in [0.1, 0.15) is 6.92 Å². The Balaban J connectivity index is 2.12. The van der Waals surface area contributed by atoms with Gasteiger partial charge in [0.2, 0.25) is 5.95 Å². The molecule has 106 valence electrons. The van der Waals surface area contributed by atoms with Gasteiger partial charge in [-0.1, -0.05) is 0 Å². The number of hydrogen-bond acceptors (Lipinski definition) is 5. The lowest BCUT2D eigenvalue weighted by Crippen LogP contribution is -2.20. The molecule has 5 nitrogen and oxygen atoms in total. The molecule has 1 heterocycles. The first-order valence-electron chi connectivity index (χ1n) is 6.01. The Morgan fingerprint density at radius 3 is 2.75 bits per heavy atom. The number of benzene rings is 1. The van der Waals surface area contributed by atoms with Gasteiger partial charge in [-0.3, -0.25) is 0 Å². The first-order valence-corrected chi connectivity index (χ1v) is 6.01. The fourth-order valence-electron chi connectivity index (χ4n) is 1.49. The molecule has 1 aromatic heterocycles. The summed E-state index contributed by atoms with van der Waals surface area (Å²) in [6, 6.07) is 4.89. The monoisotopic (exact) mass is 280 g/mol. The summed E-state index contributed by atoms with van der Waals surface area (Å²) in [4.78, 5) is 8.14. The molecule has 2 rings (SSSR count). The Morgan fingerprint density at radius 2 is 2.05 bits per heavy atom. The molecule has 0 radical (unpaired) electrons. The molecule has 1 atom stereocenters. The van der Waals surface area contributed by atoms with Crippen LogP contribution >= 0.6 is 0 Å². The summed E-state index contributed by atoms with van der Waals surface area (Å²) < 4.78 is 25.9. The van der Waals surface area contributed by atoms with E-state index >= 15 is 0 Å². The van der Waals surface area contributed by atoms with E-state index in [9.17, 15) is 8.78 Å². The highest BCUT2D eigenvalue weighted by atomic mass is 19.2. The zero-order chi connectivity index (χ0) is 14.5. The van der Waals surface area contributed by atoms with Gasteiger partial charge in [0.15, 0.2) is 11.6 Å². The van der Waals surface area contributed by atoms with E-state index in [1.807, 2.05) is 0 Å². The molecule has 0 bridgehead atoms. The number of nitrogens with zero attached hydrogens (tertiary/aromatic N) is 2. The summed E-state index contributed by atoms with van der Waals surface area (Å²) in [5, 5.41) is 14.7. The summed E-state index contributed by atoms with van der Waals surface area (Å²) in [5.41, 5.74) is 0.378. The Hall–Kier alpha value is -2.28. The molecular weight excluding hydrogens is 266 g/mol. The van der Waals surface area contributed by atoms with Crippen LogP contribution in [0.25, 0.3) is 0 Å². The van der Waals surface area contributed by atoms with E-state index in [2.05, 4.69) is 20.6 Å². The largest absolute Gasteiger partial charge is 0.394 e. The number of aliphatic hydroxyl groups is 1. The first-order chi connectivity index (χ1) is 9.58. The van der Waals surface area contributed by atoms with Gasteiger partial charge in [0, 0.05) is 24.0 Å². The normalized spacial score (nSPS) is 12.0. The van der Waals surface area contributed by atoms with Gasteiger partial charge in [-0.2, -0.15) is 4.98 Å². The minimum absolute atomic E-state index is 0.0514. The topological polar surface area (TPSA) is 70.1 Å². The highest BCUT2D eigenvalue weighted by Crippen LogP contribution is 2.18. The summed E-state index contributed by atoms with van der Waals surface area (Å²) >= 11 is 0. The van der Waals surface area contributed by atoms with E-state index < -0.39 is 11.6 Å². The molecule has 2 aromatic rings. The lowest BCUT2D eigenvalue weighted by molar-refractivity contribution is 0.281. The zero-order valence-electron chi connectivity index (χ0n) is 10.8. The quantitative estimate of drug-likeness (QED) is 0.784. The SMILES string of the molecule is C[C@@H](CO)Nc1nccc(Nc2ccc(F)c(F)c2)n1. The van der Waals surface area contributed by atoms with Crippen molar-refractivity contribution < 1.29 is 13.9 Å². The second-order valence-corrected chi connectivity index (χ2v) is 4.25. The van der Waals surface area contributed by atoms with Crippen LogP contribution in [0.15, 0.2) is 30.5 Å². The summed E-state index contributed by atoms with van der Waals surface area (Å²) in [6.07, 6.45) is 1.52. The molecule has 0 aliphatic carbocycles. The number of aliphatic hydroxyl groups excluding tert-OH is 1. The standard InChI is InChI=1S/C13H14F2N4O/c1-8(7-20)17-13-16-5-4-12(19-13)18-9-2-3-10(14)11(15)6-9/h2-6,8,20H,7H2,1H3,(H2,16,17,18,19)/t8-/m0/s1. The van der Waals surface area contributed by atoms with E-state index in [-0.39, 0.29) is 12.6 Å². The van der Waals surface area contributed by atoms with Crippen LogP contribution in [0.4, 0.5) is 26.2 Å². The lowest BCUT2D eigenvalue weighted by Gasteiger charge is -2.12. The Kier molecular flexibility index (Phi) is 4.41.